The molecule has 3 N–H and O–H groups in total. The molecule has 0 unspecified atom stereocenters. The number of para-hydroxylation sites is 2. The van der Waals surface area contributed by atoms with Gasteiger partial charge in [-0.3, -0.25) is 4.79 Å². The van der Waals surface area contributed by atoms with Crippen molar-refractivity contribution in [2.45, 2.75) is 52.9 Å². The van der Waals surface area contributed by atoms with E-state index in [0.717, 1.165) is 61.4 Å². The zero-order valence-electron chi connectivity index (χ0n) is 16.8. The maximum Gasteiger partial charge on any atom is 0.224 e. The van der Waals surface area contributed by atoms with Crippen molar-refractivity contribution < 1.29 is 4.79 Å². The molecule has 0 radical (unpaired) electrons. The van der Waals surface area contributed by atoms with Gasteiger partial charge in [-0.05, 0) is 69.9 Å². The molecule has 0 aliphatic carbocycles. The molecule has 2 aromatic rings. The Morgan fingerprint density at radius 3 is 2.56 bits per heavy atom. The SMILES string of the molecule is CCN(CC)c1ccccc1NC(=O)CCCCCc1cc(C)cc(N)n1. The number of carbonyl (C=O) groups excluding carboxylic acids is 1. The molecule has 0 saturated heterocycles. The van der Waals surface area contributed by atoms with Crippen molar-refractivity contribution in [1.82, 2.24) is 4.98 Å². The number of aromatic nitrogens is 1. The van der Waals surface area contributed by atoms with Crippen LogP contribution in [0, 0.1) is 6.92 Å². The summed E-state index contributed by atoms with van der Waals surface area (Å²) in [7, 11) is 0. The Kier molecular flexibility index (Phi) is 8.11. The van der Waals surface area contributed by atoms with Gasteiger partial charge in [-0.1, -0.05) is 18.6 Å². The quantitative estimate of drug-likeness (QED) is 0.603. The summed E-state index contributed by atoms with van der Waals surface area (Å²) in [5.41, 5.74) is 9.94. The van der Waals surface area contributed by atoms with Gasteiger partial charge < -0.3 is 16.0 Å². The van der Waals surface area contributed by atoms with Crippen molar-refractivity contribution in [1.29, 1.82) is 0 Å². The molecule has 146 valence electrons. The summed E-state index contributed by atoms with van der Waals surface area (Å²) in [6.07, 6.45) is 4.33. The predicted octanol–water partition coefficient (Wildman–Crippen LogP) is 4.56. The van der Waals surface area contributed by atoms with E-state index in [-0.39, 0.29) is 5.91 Å². The lowest BCUT2D eigenvalue weighted by Gasteiger charge is -2.24. The third-order valence-electron chi connectivity index (χ3n) is 4.66. The van der Waals surface area contributed by atoms with Crippen LogP contribution in [0.5, 0.6) is 0 Å². The summed E-state index contributed by atoms with van der Waals surface area (Å²) in [6.45, 7) is 8.11. The van der Waals surface area contributed by atoms with Crippen LogP contribution in [-0.4, -0.2) is 24.0 Å². The van der Waals surface area contributed by atoms with Gasteiger partial charge in [0.25, 0.3) is 0 Å². The van der Waals surface area contributed by atoms with Crippen LogP contribution >= 0.6 is 0 Å². The highest BCUT2D eigenvalue weighted by Crippen LogP contribution is 2.25. The van der Waals surface area contributed by atoms with Gasteiger partial charge in [0.2, 0.25) is 5.91 Å². The number of anilines is 3. The summed E-state index contributed by atoms with van der Waals surface area (Å²) in [6, 6.07) is 12.0. The minimum Gasteiger partial charge on any atom is -0.384 e. The molecule has 0 aliphatic rings. The number of nitrogens with zero attached hydrogens (tertiary/aromatic N) is 2. The molecule has 2 rings (SSSR count). The minimum atomic E-state index is 0.0764. The number of amides is 1. The molecule has 1 aromatic carbocycles. The molecule has 0 atom stereocenters. The Labute approximate surface area is 163 Å². The summed E-state index contributed by atoms with van der Waals surface area (Å²) in [4.78, 5) is 18.9. The normalized spacial score (nSPS) is 10.6. The molecular weight excluding hydrogens is 336 g/mol. The summed E-state index contributed by atoms with van der Waals surface area (Å²) in [5.74, 6) is 0.656. The number of benzene rings is 1. The molecule has 5 nitrogen and oxygen atoms in total. The first kappa shape index (κ1) is 20.7. The molecule has 1 heterocycles. The molecule has 27 heavy (non-hydrogen) atoms. The van der Waals surface area contributed by atoms with E-state index >= 15 is 0 Å². The van der Waals surface area contributed by atoms with E-state index in [4.69, 9.17) is 5.73 Å². The Morgan fingerprint density at radius 1 is 1.11 bits per heavy atom. The van der Waals surface area contributed by atoms with Crippen LogP contribution in [0.1, 0.15) is 50.8 Å². The molecule has 0 spiro atoms. The van der Waals surface area contributed by atoms with Crippen LogP contribution in [0.25, 0.3) is 0 Å². The first-order chi connectivity index (χ1) is 13.0. The highest BCUT2D eigenvalue weighted by molar-refractivity contribution is 5.94. The Balaban J connectivity index is 1.77. The number of rotatable bonds is 10. The molecule has 0 fully saturated rings. The molecule has 0 aliphatic heterocycles. The topological polar surface area (TPSA) is 71.2 Å². The number of aryl methyl sites for hydroxylation is 2. The number of nitrogen functional groups attached to an aromatic ring is 1. The molecule has 1 aromatic heterocycles. The van der Waals surface area contributed by atoms with Gasteiger partial charge in [0, 0.05) is 25.2 Å². The van der Waals surface area contributed by atoms with Crippen LogP contribution in [0.3, 0.4) is 0 Å². The van der Waals surface area contributed by atoms with Crippen LogP contribution in [0.4, 0.5) is 17.2 Å². The number of pyridine rings is 1. The highest BCUT2D eigenvalue weighted by atomic mass is 16.1. The Hall–Kier alpha value is -2.56. The number of hydrogen-bond donors (Lipinski definition) is 2. The first-order valence-electron chi connectivity index (χ1n) is 9.90. The van der Waals surface area contributed by atoms with Crippen molar-refractivity contribution >= 4 is 23.1 Å². The van der Waals surface area contributed by atoms with E-state index in [1.807, 2.05) is 31.2 Å². The lowest BCUT2D eigenvalue weighted by Crippen LogP contribution is -2.24. The fraction of sp³-hybridized carbons (Fsp3) is 0.455. The first-order valence-corrected chi connectivity index (χ1v) is 9.90. The average Bonchev–Trinajstić information content (AvgIpc) is 2.63. The number of unbranched alkanes of at least 4 members (excludes halogenated alkanes) is 2. The lowest BCUT2D eigenvalue weighted by atomic mass is 10.1. The molecule has 0 saturated carbocycles. The zero-order chi connectivity index (χ0) is 19.6. The van der Waals surface area contributed by atoms with Crippen molar-refractivity contribution in [2.24, 2.45) is 0 Å². The lowest BCUT2D eigenvalue weighted by molar-refractivity contribution is -0.116. The van der Waals surface area contributed by atoms with Crippen LogP contribution < -0.4 is 16.0 Å². The Morgan fingerprint density at radius 2 is 1.85 bits per heavy atom. The van der Waals surface area contributed by atoms with E-state index in [0.29, 0.717) is 12.2 Å². The highest BCUT2D eigenvalue weighted by Gasteiger charge is 2.10. The molecular formula is C22H32N4O. The average molecular weight is 369 g/mol. The van der Waals surface area contributed by atoms with Crippen molar-refractivity contribution in [3.8, 4) is 0 Å². The summed E-state index contributed by atoms with van der Waals surface area (Å²) < 4.78 is 0. The van der Waals surface area contributed by atoms with Crippen molar-refractivity contribution in [3.63, 3.8) is 0 Å². The van der Waals surface area contributed by atoms with Gasteiger partial charge in [0.1, 0.15) is 5.82 Å². The van der Waals surface area contributed by atoms with Crippen LogP contribution in [-0.2, 0) is 11.2 Å². The number of nitrogens with one attached hydrogen (secondary N) is 1. The second-order valence-electron chi connectivity index (χ2n) is 6.86. The smallest absolute Gasteiger partial charge is 0.224 e. The van der Waals surface area contributed by atoms with E-state index in [2.05, 4.69) is 41.2 Å². The predicted molar refractivity (Wildman–Crippen MR) is 114 cm³/mol. The van der Waals surface area contributed by atoms with Crippen LogP contribution in [0.2, 0.25) is 0 Å². The second kappa shape index (κ2) is 10.6. The van der Waals surface area contributed by atoms with E-state index in [1.54, 1.807) is 0 Å². The van der Waals surface area contributed by atoms with Gasteiger partial charge in [-0.25, -0.2) is 4.98 Å². The van der Waals surface area contributed by atoms with Gasteiger partial charge in [-0.2, -0.15) is 0 Å². The van der Waals surface area contributed by atoms with Crippen molar-refractivity contribution in [2.75, 3.05) is 29.0 Å². The Bertz CT molecular complexity index is 721. The molecule has 1 amide bonds. The number of nitrogens with two attached hydrogens (primary N) is 1. The molecule has 5 heteroatoms. The zero-order valence-corrected chi connectivity index (χ0v) is 16.8. The monoisotopic (exact) mass is 368 g/mol. The third-order valence-corrected chi connectivity index (χ3v) is 4.66. The third kappa shape index (κ3) is 6.59. The van der Waals surface area contributed by atoms with Gasteiger partial charge in [0.05, 0.1) is 11.4 Å². The second-order valence-corrected chi connectivity index (χ2v) is 6.86. The number of carbonyl (C=O) groups is 1. The fourth-order valence-electron chi connectivity index (χ4n) is 3.30. The summed E-state index contributed by atoms with van der Waals surface area (Å²) >= 11 is 0. The van der Waals surface area contributed by atoms with Gasteiger partial charge in [-0.15, -0.1) is 0 Å². The number of hydrogen-bond acceptors (Lipinski definition) is 4. The maximum atomic E-state index is 12.3. The van der Waals surface area contributed by atoms with E-state index in [9.17, 15) is 4.79 Å². The molecule has 0 bridgehead atoms. The summed E-state index contributed by atoms with van der Waals surface area (Å²) in [5, 5.41) is 3.07. The van der Waals surface area contributed by atoms with Crippen molar-refractivity contribution in [3.05, 3.63) is 47.7 Å². The minimum absolute atomic E-state index is 0.0764. The fourth-order valence-corrected chi connectivity index (χ4v) is 3.30. The largest absolute Gasteiger partial charge is 0.384 e. The van der Waals surface area contributed by atoms with Gasteiger partial charge >= 0.3 is 0 Å². The van der Waals surface area contributed by atoms with E-state index in [1.165, 1.54) is 0 Å². The van der Waals surface area contributed by atoms with Gasteiger partial charge in [0.15, 0.2) is 0 Å². The standard InChI is InChI=1S/C22H32N4O/c1-4-26(5-2)20-13-10-9-12-19(20)25-22(27)14-8-6-7-11-18-15-17(3)16-21(23)24-18/h9-10,12-13,15-16H,4-8,11,14H2,1-3H3,(H2,23,24)(H,25,27). The maximum absolute atomic E-state index is 12.3. The van der Waals surface area contributed by atoms with E-state index < -0.39 is 0 Å². The van der Waals surface area contributed by atoms with Crippen LogP contribution in [0.15, 0.2) is 36.4 Å².